The molecule has 2 rings (SSSR count). The Bertz CT molecular complexity index is 786. The molecule has 1 amide bonds. The minimum atomic E-state index is -0.220. The number of nitrogens with one attached hydrogen (secondary N) is 1. The van der Waals surface area contributed by atoms with Crippen molar-refractivity contribution in [2.45, 2.75) is 25.8 Å². The Morgan fingerprint density at radius 1 is 1.04 bits per heavy atom. The summed E-state index contributed by atoms with van der Waals surface area (Å²) in [4.78, 5) is 12.3. The van der Waals surface area contributed by atoms with Gasteiger partial charge in [0, 0.05) is 16.5 Å². The number of halogens is 2. The molecule has 0 fully saturated rings. The lowest BCUT2D eigenvalue weighted by Gasteiger charge is -2.17. The molecule has 0 bridgehead atoms. The summed E-state index contributed by atoms with van der Waals surface area (Å²) in [5.41, 5.74) is 1.74. The van der Waals surface area contributed by atoms with Gasteiger partial charge in [0.15, 0.2) is 11.5 Å². The number of aryl methyl sites for hydroxylation is 1. The molecule has 0 aliphatic rings. The molecule has 0 aliphatic carbocycles. The molecule has 1 atom stereocenters. The highest BCUT2D eigenvalue weighted by atomic mass is 35.5. The first-order chi connectivity index (χ1) is 12.9. The van der Waals surface area contributed by atoms with Crippen LogP contribution in [0.2, 0.25) is 10.0 Å². The zero-order valence-corrected chi connectivity index (χ0v) is 17.3. The van der Waals surface area contributed by atoms with E-state index in [0.29, 0.717) is 40.1 Å². The molecule has 27 heavy (non-hydrogen) atoms. The van der Waals surface area contributed by atoms with Crippen LogP contribution >= 0.6 is 23.2 Å². The fourth-order valence-electron chi connectivity index (χ4n) is 2.78. The molecule has 7 heteroatoms. The van der Waals surface area contributed by atoms with Crippen molar-refractivity contribution in [3.05, 3.63) is 51.5 Å². The second kappa shape index (κ2) is 9.72. The predicted molar refractivity (Wildman–Crippen MR) is 107 cm³/mol. The molecular formula is C20H23Cl2NO4. The summed E-state index contributed by atoms with van der Waals surface area (Å²) in [6.07, 6.45) is 0.845. The summed E-state index contributed by atoms with van der Waals surface area (Å²) >= 11 is 12.1. The normalized spacial score (nSPS) is 11.6. The highest BCUT2D eigenvalue weighted by Crippen LogP contribution is 2.38. The molecule has 146 valence electrons. The maximum Gasteiger partial charge on any atom is 0.220 e. The molecule has 0 radical (unpaired) electrons. The van der Waals surface area contributed by atoms with Gasteiger partial charge in [0.05, 0.1) is 27.4 Å². The largest absolute Gasteiger partial charge is 0.493 e. The fourth-order valence-corrected chi connectivity index (χ4v) is 3.35. The summed E-state index contributed by atoms with van der Waals surface area (Å²) in [5, 5.41) is 4.04. The SMILES string of the molecule is COc1cc(CCC(=O)N[C@@H](C)c2ccc(Cl)cc2Cl)cc(OC)c1OC. The van der Waals surface area contributed by atoms with Gasteiger partial charge < -0.3 is 19.5 Å². The summed E-state index contributed by atoms with van der Waals surface area (Å²) in [5.74, 6) is 1.57. The minimum absolute atomic E-state index is 0.0812. The van der Waals surface area contributed by atoms with E-state index in [9.17, 15) is 4.79 Å². The average Bonchev–Trinajstić information content (AvgIpc) is 2.65. The van der Waals surface area contributed by atoms with Gasteiger partial charge in [-0.05, 0) is 48.7 Å². The maximum atomic E-state index is 12.3. The van der Waals surface area contributed by atoms with Crippen LogP contribution in [0.3, 0.4) is 0 Å². The van der Waals surface area contributed by atoms with E-state index < -0.39 is 0 Å². The Kier molecular flexibility index (Phi) is 7.63. The van der Waals surface area contributed by atoms with Crippen molar-refractivity contribution in [1.29, 1.82) is 0 Å². The Morgan fingerprint density at radius 3 is 2.19 bits per heavy atom. The van der Waals surface area contributed by atoms with Crippen molar-refractivity contribution in [2.75, 3.05) is 21.3 Å². The Balaban J connectivity index is 2.02. The van der Waals surface area contributed by atoms with Crippen LogP contribution in [0.4, 0.5) is 0 Å². The van der Waals surface area contributed by atoms with E-state index in [1.165, 1.54) is 0 Å². The lowest BCUT2D eigenvalue weighted by Crippen LogP contribution is -2.27. The number of carbonyl (C=O) groups is 1. The fraction of sp³-hybridized carbons (Fsp3) is 0.350. The van der Waals surface area contributed by atoms with Gasteiger partial charge in [-0.15, -0.1) is 0 Å². The summed E-state index contributed by atoms with van der Waals surface area (Å²) in [6.45, 7) is 1.88. The highest BCUT2D eigenvalue weighted by molar-refractivity contribution is 6.35. The molecule has 5 nitrogen and oxygen atoms in total. The number of hydrogen-bond acceptors (Lipinski definition) is 4. The van der Waals surface area contributed by atoms with Crippen LogP contribution in [0.5, 0.6) is 17.2 Å². The standard InChI is InChI=1S/C20H23Cl2NO4/c1-12(15-7-6-14(21)11-16(15)22)23-19(24)8-5-13-9-17(25-2)20(27-4)18(10-13)26-3/h6-7,9-12H,5,8H2,1-4H3,(H,23,24)/t12-/m0/s1. The number of carbonyl (C=O) groups excluding carboxylic acids is 1. The van der Waals surface area contributed by atoms with Gasteiger partial charge in [-0.2, -0.15) is 0 Å². The summed E-state index contributed by atoms with van der Waals surface area (Å²) < 4.78 is 16.0. The van der Waals surface area contributed by atoms with Crippen molar-refractivity contribution in [3.63, 3.8) is 0 Å². The van der Waals surface area contributed by atoms with E-state index in [-0.39, 0.29) is 11.9 Å². The van der Waals surface area contributed by atoms with Gasteiger partial charge in [-0.3, -0.25) is 4.79 Å². The van der Waals surface area contributed by atoms with E-state index in [1.807, 2.05) is 25.1 Å². The van der Waals surface area contributed by atoms with E-state index in [4.69, 9.17) is 37.4 Å². The molecular weight excluding hydrogens is 389 g/mol. The molecule has 0 spiro atoms. The number of ether oxygens (including phenoxy) is 3. The van der Waals surface area contributed by atoms with Crippen molar-refractivity contribution in [1.82, 2.24) is 5.32 Å². The van der Waals surface area contributed by atoms with Gasteiger partial charge >= 0.3 is 0 Å². The van der Waals surface area contributed by atoms with Crippen molar-refractivity contribution in [3.8, 4) is 17.2 Å². The van der Waals surface area contributed by atoms with Gasteiger partial charge in [0.1, 0.15) is 0 Å². The average molecular weight is 412 g/mol. The van der Waals surface area contributed by atoms with Crippen molar-refractivity contribution >= 4 is 29.1 Å². The number of methoxy groups -OCH3 is 3. The third-order valence-electron chi connectivity index (χ3n) is 4.17. The topological polar surface area (TPSA) is 56.8 Å². The lowest BCUT2D eigenvalue weighted by atomic mass is 10.1. The van der Waals surface area contributed by atoms with Crippen LogP contribution in [0.15, 0.2) is 30.3 Å². The maximum absolute atomic E-state index is 12.3. The molecule has 2 aromatic carbocycles. The second-order valence-corrected chi connectivity index (χ2v) is 6.83. The molecule has 0 heterocycles. The minimum Gasteiger partial charge on any atom is -0.493 e. The summed E-state index contributed by atoms with van der Waals surface area (Å²) in [7, 11) is 4.67. The van der Waals surface area contributed by atoms with Gasteiger partial charge in [-0.25, -0.2) is 0 Å². The van der Waals surface area contributed by atoms with E-state index in [1.54, 1.807) is 33.5 Å². The number of hydrogen-bond donors (Lipinski definition) is 1. The number of benzene rings is 2. The molecule has 0 aliphatic heterocycles. The zero-order valence-electron chi connectivity index (χ0n) is 15.8. The van der Waals surface area contributed by atoms with Gasteiger partial charge in [-0.1, -0.05) is 29.3 Å². The monoisotopic (exact) mass is 411 g/mol. The molecule has 0 unspecified atom stereocenters. The van der Waals surface area contributed by atoms with Gasteiger partial charge in [0.2, 0.25) is 11.7 Å². The zero-order chi connectivity index (χ0) is 20.0. The molecule has 2 aromatic rings. The Morgan fingerprint density at radius 2 is 1.67 bits per heavy atom. The van der Waals surface area contributed by atoms with Crippen LogP contribution in [0.25, 0.3) is 0 Å². The lowest BCUT2D eigenvalue weighted by molar-refractivity contribution is -0.121. The number of rotatable bonds is 8. The van der Waals surface area contributed by atoms with E-state index >= 15 is 0 Å². The van der Waals surface area contributed by atoms with E-state index in [2.05, 4.69) is 5.32 Å². The summed E-state index contributed by atoms with van der Waals surface area (Å²) in [6, 6.07) is 8.69. The third kappa shape index (κ3) is 5.44. The third-order valence-corrected chi connectivity index (χ3v) is 4.73. The van der Waals surface area contributed by atoms with Crippen LogP contribution in [-0.2, 0) is 11.2 Å². The second-order valence-electron chi connectivity index (χ2n) is 5.99. The van der Waals surface area contributed by atoms with Crippen LogP contribution in [0.1, 0.15) is 30.5 Å². The Hall–Kier alpha value is -2.11. The quantitative estimate of drug-likeness (QED) is 0.675. The first-order valence-electron chi connectivity index (χ1n) is 8.42. The molecule has 0 aromatic heterocycles. The molecule has 0 saturated heterocycles. The molecule has 0 saturated carbocycles. The van der Waals surface area contributed by atoms with Crippen LogP contribution < -0.4 is 19.5 Å². The Labute approximate surface area is 169 Å². The highest BCUT2D eigenvalue weighted by Gasteiger charge is 2.16. The van der Waals surface area contributed by atoms with Crippen LogP contribution in [-0.4, -0.2) is 27.2 Å². The molecule has 1 N–H and O–H groups in total. The smallest absolute Gasteiger partial charge is 0.220 e. The predicted octanol–water partition coefficient (Wildman–Crippen LogP) is 4.83. The van der Waals surface area contributed by atoms with E-state index in [0.717, 1.165) is 11.1 Å². The van der Waals surface area contributed by atoms with Gasteiger partial charge in [0.25, 0.3) is 0 Å². The van der Waals surface area contributed by atoms with Crippen molar-refractivity contribution < 1.29 is 19.0 Å². The first-order valence-corrected chi connectivity index (χ1v) is 9.18. The van der Waals surface area contributed by atoms with Crippen molar-refractivity contribution in [2.24, 2.45) is 0 Å². The number of amides is 1. The van der Waals surface area contributed by atoms with Crippen LogP contribution in [0, 0.1) is 0 Å². The first kappa shape index (κ1) is 21.2.